The van der Waals surface area contributed by atoms with E-state index in [9.17, 15) is 0 Å². The lowest BCUT2D eigenvalue weighted by atomic mass is 10.3. The highest BCUT2D eigenvalue weighted by Crippen LogP contribution is 2.02. The van der Waals surface area contributed by atoms with Crippen molar-refractivity contribution < 1.29 is 0 Å². The summed E-state index contributed by atoms with van der Waals surface area (Å²) in [5.74, 6) is 0. The molecular weight excluding hydrogens is 116 g/mol. The molecule has 0 atom stereocenters. The monoisotopic (exact) mass is 134 g/mol. The smallest absolute Gasteiger partial charge is 0.00115 e. The predicted molar refractivity (Wildman–Crippen MR) is 44.7 cm³/mol. The van der Waals surface area contributed by atoms with Crippen LogP contribution in [-0.4, -0.2) is 5.25 Å². The van der Waals surface area contributed by atoms with E-state index in [0.29, 0.717) is 5.25 Å². The molecule has 0 heterocycles. The van der Waals surface area contributed by atoms with Gasteiger partial charge in [0.25, 0.3) is 0 Å². The van der Waals surface area contributed by atoms with Crippen LogP contribution in [0.5, 0.6) is 0 Å². The summed E-state index contributed by atoms with van der Waals surface area (Å²) in [6.07, 6.45) is 2.39. The van der Waals surface area contributed by atoms with Crippen LogP contribution >= 0.6 is 12.6 Å². The van der Waals surface area contributed by atoms with E-state index < -0.39 is 0 Å². The first-order valence-electron chi connectivity index (χ1n) is 3.49. The van der Waals surface area contributed by atoms with Crippen LogP contribution in [0, 0.1) is 0 Å². The van der Waals surface area contributed by atoms with Gasteiger partial charge in [0, 0.05) is 5.25 Å². The fourth-order valence-corrected chi connectivity index (χ4v) is 0.289. The quantitative estimate of drug-likeness (QED) is 0.551. The van der Waals surface area contributed by atoms with Crippen molar-refractivity contribution in [2.75, 3.05) is 0 Å². The normalized spacial score (nSPS) is 8.25. The van der Waals surface area contributed by atoms with E-state index in [1.165, 1.54) is 12.8 Å². The Labute approximate surface area is 59.1 Å². The number of hydrogen-bond acceptors (Lipinski definition) is 1. The summed E-state index contributed by atoms with van der Waals surface area (Å²) in [5, 5.41) is 0.630. The second-order valence-corrected chi connectivity index (χ2v) is 2.20. The molecular formula is C7H18S. The molecule has 0 fully saturated rings. The first-order chi connectivity index (χ1) is 3.81. The van der Waals surface area contributed by atoms with Crippen molar-refractivity contribution in [3.8, 4) is 0 Å². The lowest BCUT2D eigenvalue weighted by Gasteiger charge is -1.97. The molecule has 0 nitrogen and oxygen atoms in total. The highest BCUT2D eigenvalue weighted by atomic mass is 32.1. The van der Waals surface area contributed by atoms with E-state index in [1.807, 2.05) is 13.8 Å². The van der Waals surface area contributed by atoms with E-state index in [4.69, 9.17) is 0 Å². The number of hydrogen-bond donors (Lipinski definition) is 1. The van der Waals surface area contributed by atoms with Gasteiger partial charge in [-0.25, -0.2) is 0 Å². The first-order valence-corrected chi connectivity index (χ1v) is 4.01. The molecule has 0 aromatic heterocycles. The molecule has 0 rings (SSSR count). The van der Waals surface area contributed by atoms with E-state index in [-0.39, 0.29) is 0 Å². The van der Waals surface area contributed by atoms with Crippen molar-refractivity contribution in [3.63, 3.8) is 0 Å². The fraction of sp³-hybridized carbons (Fsp3) is 1.00. The summed E-state index contributed by atoms with van der Waals surface area (Å²) in [6.45, 7) is 8.31. The third kappa shape index (κ3) is 9.61. The van der Waals surface area contributed by atoms with Crippen LogP contribution in [0.1, 0.15) is 40.5 Å². The molecule has 0 saturated carbocycles. The maximum atomic E-state index is 4.23. The summed E-state index contributed by atoms with van der Waals surface area (Å²) in [6, 6.07) is 0. The van der Waals surface area contributed by atoms with Crippen molar-refractivity contribution in [1.29, 1.82) is 0 Å². The molecule has 0 unspecified atom stereocenters. The Morgan fingerprint density at radius 3 is 1.38 bits per heavy atom. The Morgan fingerprint density at radius 2 is 1.38 bits per heavy atom. The average Bonchev–Trinajstić information content (AvgIpc) is 1.91. The Bertz CT molecular complexity index is 23.6. The summed E-state index contributed by atoms with van der Waals surface area (Å²) in [4.78, 5) is 0. The van der Waals surface area contributed by atoms with Gasteiger partial charge in [-0.2, -0.15) is 12.6 Å². The first kappa shape index (κ1) is 11.2. The van der Waals surface area contributed by atoms with Crippen molar-refractivity contribution in [2.45, 2.75) is 45.8 Å². The lowest BCUT2D eigenvalue weighted by Crippen LogP contribution is -1.89. The Kier molecular flexibility index (Phi) is 14.5. The van der Waals surface area contributed by atoms with Crippen molar-refractivity contribution >= 4 is 12.6 Å². The molecule has 8 heavy (non-hydrogen) atoms. The molecule has 0 N–H and O–H groups in total. The number of thiol groups is 1. The molecule has 0 aliphatic rings. The predicted octanol–water partition coefficient (Wildman–Crippen LogP) is 3.13. The van der Waals surface area contributed by atoms with Gasteiger partial charge in [-0.15, -0.1) is 0 Å². The second-order valence-electron chi connectivity index (χ2n) is 1.47. The summed E-state index contributed by atoms with van der Waals surface area (Å²) in [7, 11) is 0. The molecule has 1 heteroatoms. The molecule has 0 aliphatic carbocycles. The largest absolute Gasteiger partial charge is 0.176 e. The standard InChI is InChI=1S/C5H12S.C2H6/c1-3-5(6)4-2;1-2/h5-6H,3-4H2,1-2H3;1-2H3. The van der Waals surface area contributed by atoms with Crippen LogP contribution in [0.2, 0.25) is 0 Å². The molecule has 0 aliphatic heterocycles. The minimum absolute atomic E-state index is 0.630. The van der Waals surface area contributed by atoms with E-state index in [0.717, 1.165) is 0 Å². The topological polar surface area (TPSA) is 0 Å². The van der Waals surface area contributed by atoms with Crippen LogP contribution in [-0.2, 0) is 0 Å². The van der Waals surface area contributed by atoms with Gasteiger partial charge in [0.15, 0.2) is 0 Å². The number of rotatable bonds is 2. The second kappa shape index (κ2) is 10.4. The van der Waals surface area contributed by atoms with Gasteiger partial charge in [-0.1, -0.05) is 27.7 Å². The fourth-order valence-electron chi connectivity index (χ4n) is 0.289. The Morgan fingerprint density at radius 1 is 1.12 bits per heavy atom. The van der Waals surface area contributed by atoms with Crippen LogP contribution < -0.4 is 0 Å². The SMILES string of the molecule is CC.CCC(S)CC. The molecule has 0 bridgehead atoms. The molecule has 0 aromatic rings. The maximum absolute atomic E-state index is 4.23. The average molecular weight is 134 g/mol. The zero-order valence-electron chi connectivity index (χ0n) is 6.44. The molecule has 0 aromatic carbocycles. The highest BCUT2D eigenvalue weighted by Gasteiger charge is 1.89. The lowest BCUT2D eigenvalue weighted by molar-refractivity contribution is 0.798. The van der Waals surface area contributed by atoms with Gasteiger partial charge < -0.3 is 0 Å². The van der Waals surface area contributed by atoms with Gasteiger partial charge in [-0.05, 0) is 12.8 Å². The zero-order chi connectivity index (χ0) is 6.99. The van der Waals surface area contributed by atoms with Crippen LogP contribution in [0.4, 0.5) is 0 Å². The minimum Gasteiger partial charge on any atom is -0.176 e. The molecule has 0 amide bonds. The van der Waals surface area contributed by atoms with E-state index in [1.54, 1.807) is 0 Å². The molecule has 52 valence electrons. The van der Waals surface area contributed by atoms with Crippen molar-refractivity contribution in [2.24, 2.45) is 0 Å². The van der Waals surface area contributed by atoms with Gasteiger partial charge in [-0.3, -0.25) is 0 Å². The Balaban J connectivity index is 0. The summed E-state index contributed by atoms with van der Waals surface area (Å²) < 4.78 is 0. The van der Waals surface area contributed by atoms with E-state index >= 15 is 0 Å². The maximum Gasteiger partial charge on any atom is 0.00115 e. The van der Waals surface area contributed by atoms with Crippen LogP contribution in [0.15, 0.2) is 0 Å². The van der Waals surface area contributed by atoms with Crippen molar-refractivity contribution in [3.05, 3.63) is 0 Å². The van der Waals surface area contributed by atoms with Crippen LogP contribution in [0.25, 0.3) is 0 Å². The minimum atomic E-state index is 0.630. The summed E-state index contributed by atoms with van der Waals surface area (Å²) >= 11 is 4.23. The van der Waals surface area contributed by atoms with Gasteiger partial charge in [0.05, 0.1) is 0 Å². The van der Waals surface area contributed by atoms with Crippen LogP contribution in [0.3, 0.4) is 0 Å². The molecule has 0 spiro atoms. The third-order valence-corrected chi connectivity index (χ3v) is 1.67. The molecule has 0 radical (unpaired) electrons. The zero-order valence-corrected chi connectivity index (χ0v) is 7.33. The van der Waals surface area contributed by atoms with E-state index in [2.05, 4.69) is 26.5 Å². The highest BCUT2D eigenvalue weighted by molar-refractivity contribution is 7.80. The van der Waals surface area contributed by atoms with Gasteiger partial charge in [0.2, 0.25) is 0 Å². The third-order valence-electron chi connectivity index (χ3n) is 0.942. The van der Waals surface area contributed by atoms with Gasteiger partial charge in [0.1, 0.15) is 0 Å². The summed E-state index contributed by atoms with van der Waals surface area (Å²) in [5.41, 5.74) is 0. The van der Waals surface area contributed by atoms with Gasteiger partial charge >= 0.3 is 0 Å². The van der Waals surface area contributed by atoms with Crippen molar-refractivity contribution in [1.82, 2.24) is 0 Å². The molecule has 0 saturated heterocycles. The Hall–Kier alpha value is 0.350.